The molecule has 0 bridgehead atoms. The molecule has 1 unspecified atom stereocenters. The van der Waals surface area contributed by atoms with Gasteiger partial charge in [-0.2, -0.15) is 0 Å². The molecule has 0 aromatic heterocycles. The third-order valence-corrected chi connectivity index (χ3v) is 3.80. The Kier molecular flexibility index (Phi) is 3.55. The summed E-state index contributed by atoms with van der Waals surface area (Å²) in [5.41, 5.74) is 2.10. The molecule has 21 heavy (non-hydrogen) atoms. The van der Waals surface area contributed by atoms with Gasteiger partial charge >= 0.3 is 0 Å². The molecule has 2 N–H and O–H groups in total. The molecule has 1 atom stereocenters. The van der Waals surface area contributed by atoms with Crippen molar-refractivity contribution in [1.29, 1.82) is 0 Å². The molecule has 0 saturated carbocycles. The van der Waals surface area contributed by atoms with Crippen LogP contribution in [0.1, 0.15) is 11.6 Å². The molecule has 6 heteroatoms. The number of carbonyl (C=O) groups excluding carboxylic acids is 1. The van der Waals surface area contributed by atoms with Gasteiger partial charge in [-0.3, -0.25) is 4.79 Å². The first kappa shape index (κ1) is 13.9. The molecule has 1 aliphatic heterocycles. The fourth-order valence-corrected chi connectivity index (χ4v) is 2.66. The Morgan fingerprint density at radius 1 is 1.29 bits per heavy atom. The van der Waals surface area contributed by atoms with Crippen molar-refractivity contribution in [2.75, 3.05) is 17.7 Å². The zero-order valence-electron chi connectivity index (χ0n) is 11.1. The largest absolute Gasteiger partial charge is 0.494 e. The van der Waals surface area contributed by atoms with Crippen LogP contribution in [0, 0.1) is 5.82 Å². The molecule has 2 aromatic carbocycles. The van der Waals surface area contributed by atoms with Gasteiger partial charge in [-0.1, -0.05) is 22.0 Å². The number of methoxy groups -OCH3 is 1. The highest BCUT2D eigenvalue weighted by Gasteiger charge is 2.30. The van der Waals surface area contributed by atoms with Crippen molar-refractivity contribution >= 4 is 33.2 Å². The maximum absolute atomic E-state index is 13.7. The van der Waals surface area contributed by atoms with E-state index in [9.17, 15) is 9.18 Å². The third-order valence-electron chi connectivity index (χ3n) is 3.31. The van der Waals surface area contributed by atoms with Gasteiger partial charge in [0.25, 0.3) is 5.91 Å². The molecule has 0 radical (unpaired) electrons. The van der Waals surface area contributed by atoms with Gasteiger partial charge in [-0.25, -0.2) is 4.39 Å². The minimum Gasteiger partial charge on any atom is -0.494 e. The Bertz CT molecular complexity index is 721. The molecule has 0 spiro atoms. The first-order valence-electron chi connectivity index (χ1n) is 6.29. The lowest BCUT2D eigenvalue weighted by atomic mass is 10.1. The van der Waals surface area contributed by atoms with Crippen LogP contribution in [0.4, 0.5) is 15.8 Å². The predicted octanol–water partition coefficient (Wildman–Crippen LogP) is 3.70. The monoisotopic (exact) mass is 350 g/mol. The first-order chi connectivity index (χ1) is 10.1. The average Bonchev–Trinajstić information content (AvgIpc) is 2.74. The van der Waals surface area contributed by atoms with E-state index in [-0.39, 0.29) is 11.7 Å². The van der Waals surface area contributed by atoms with Crippen LogP contribution in [-0.2, 0) is 4.79 Å². The van der Waals surface area contributed by atoms with Gasteiger partial charge in [0.05, 0.1) is 7.11 Å². The van der Waals surface area contributed by atoms with Gasteiger partial charge in [-0.05, 0) is 24.3 Å². The molecule has 108 valence electrons. The van der Waals surface area contributed by atoms with Crippen LogP contribution in [0.5, 0.6) is 5.75 Å². The molecule has 0 aliphatic carbocycles. The van der Waals surface area contributed by atoms with Crippen LogP contribution in [0.3, 0.4) is 0 Å². The zero-order chi connectivity index (χ0) is 15.0. The van der Waals surface area contributed by atoms with Crippen LogP contribution < -0.4 is 15.4 Å². The number of ether oxygens (including phenoxy) is 1. The number of halogens is 2. The summed E-state index contributed by atoms with van der Waals surface area (Å²) in [6.45, 7) is 0. The van der Waals surface area contributed by atoms with Crippen LogP contribution in [-0.4, -0.2) is 13.0 Å². The Hall–Kier alpha value is -2.08. The Morgan fingerprint density at radius 3 is 2.81 bits per heavy atom. The number of fused-ring (bicyclic) bond motifs is 1. The highest BCUT2D eigenvalue weighted by atomic mass is 79.9. The molecule has 1 amide bonds. The van der Waals surface area contributed by atoms with Gasteiger partial charge in [0.15, 0.2) is 11.6 Å². The topological polar surface area (TPSA) is 50.4 Å². The van der Waals surface area contributed by atoms with Gasteiger partial charge in [0.1, 0.15) is 6.04 Å². The lowest BCUT2D eigenvalue weighted by Gasteiger charge is -2.14. The second-order valence-electron chi connectivity index (χ2n) is 4.65. The van der Waals surface area contributed by atoms with E-state index >= 15 is 0 Å². The molecule has 0 saturated heterocycles. The lowest BCUT2D eigenvalue weighted by Crippen LogP contribution is -2.19. The number of anilines is 2. The van der Waals surface area contributed by atoms with Crippen molar-refractivity contribution in [2.24, 2.45) is 0 Å². The number of hydrogen-bond acceptors (Lipinski definition) is 3. The number of carbonyl (C=O) groups is 1. The predicted molar refractivity (Wildman–Crippen MR) is 82.1 cm³/mol. The van der Waals surface area contributed by atoms with E-state index in [0.717, 1.165) is 15.7 Å². The molecule has 2 aromatic rings. The van der Waals surface area contributed by atoms with Crippen molar-refractivity contribution < 1.29 is 13.9 Å². The Balaban J connectivity index is 1.89. The molecular formula is C15H12BrFN2O2. The van der Waals surface area contributed by atoms with E-state index in [1.54, 1.807) is 6.07 Å². The maximum atomic E-state index is 13.7. The van der Waals surface area contributed by atoms with Gasteiger partial charge in [-0.15, -0.1) is 0 Å². The third kappa shape index (κ3) is 2.58. The van der Waals surface area contributed by atoms with Gasteiger partial charge in [0.2, 0.25) is 0 Å². The summed E-state index contributed by atoms with van der Waals surface area (Å²) in [6, 6.07) is 9.52. The molecule has 0 fully saturated rings. The van der Waals surface area contributed by atoms with Crippen molar-refractivity contribution in [3.05, 3.63) is 52.3 Å². The Morgan fingerprint density at radius 2 is 2.10 bits per heavy atom. The van der Waals surface area contributed by atoms with Crippen LogP contribution in [0.15, 0.2) is 40.9 Å². The summed E-state index contributed by atoms with van der Waals surface area (Å²) in [5, 5.41) is 5.83. The number of amides is 1. The first-order valence-corrected chi connectivity index (χ1v) is 7.08. The fourth-order valence-electron chi connectivity index (χ4n) is 2.30. The molecular weight excluding hydrogens is 339 g/mol. The standard InChI is InChI=1S/C15H12BrFN2O2/c1-21-13-5-3-9(7-11(13)17)18-14-10-4-2-8(16)6-12(10)19-15(14)20/h2-7,14,18H,1H3,(H,19,20). The SMILES string of the molecule is COc1ccc(NC2C(=O)Nc3cc(Br)ccc32)cc1F. The summed E-state index contributed by atoms with van der Waals surface area (Å²) < 4.78 is 19.5. The van der Waals surface area contributed by atoms with Gasteiger partial charge < -0.3 is 15.4 Å². The molecule has 1 heterocycles. The Labute approximate surface area is 129 Å². The fraction of sp³-hybridized carbons (Fsp3) is 0.133. The smallest absolute Gasteiger partial charge is 0.251 e. The van der Waals surface area contributed by atoms with E-state index in [1.165, 1.54) is 19.2 Å². The molecule has 1 aliphatic rings. The highest BCUT2D eigenvalue weighted by molar-refractivity contribution is 9.10. The highest BCUT2D eigenvalue weighted by Crippen LogP contribution is 2.35. The molecule has 4 nitrogen and oxygen atoms in total. The quantitative estimate of drug-likeness (QED) is 0.887. The number of rotatable bonds is 3. The van der Waals surface area contributed by atoms with E-state index < -0.39 is 11.9 Å². The van der Waals surface area contributed by atoms with E-state index in [0.29, 0.717) is 5.69 Å². The minimum absolute atomic E-state index is 0.167. The number of benzene rings is 2. The lowest BCUT2D eigenvalue weighted by molar-refractivity contribution is -0.116. The van der Waals surface area contributed by atoms with Crippen LogP contribution >= 0.6 is 15.9 Å². The van der Waals surface area contributed by atoms with Crippen LogP contribution in [0.25, 0.3) is 0 Å². The second-order valence-corrected chi connectivity index (χ2v) is 5.56. The van der Waals surface area contributed by atoms with E-state index in [1.807, 2.05) is 18.2 Å². The van der Waals surface area contributed by atoms with Gasteiger partial charge in [0, 0.05) is 27.5 Å². The zero-order valence-corrected chi connectivity index (χ0v) is 12.7. The summed E-state index contributed by atoms with van der Waals surface area (Å²) >= 11 is 3.36. The maximum Gasteiger partial charge on any atom is 0.251 e. The van der Waals surface area contributed by atoms with Crippen LogP contribution in [0.2, 0.25) is 0 Å². The summed E-state index contributed by atoms with van der Waals surface area (Å²) in [7, 11) is 1.41. The molecule has 3 rings (SSSR count). The van der Waals surface area contributed by atoms with E-state index in [4.69, 9.17) is 4.74 Å². The van der Waals surface area contributed by atoms with Crippen molar-refractivity contribution in [1.82, 2.24) is 0 Å². The number of nitrogens with one attached hydrogen (secondary N) is 2. The summed E-state index contributed by atoms with van der Waals surface area (Å²) in [6.07, 6.45) is 0. The minimum atomic E-state index is -0.541. The second kappa shape index (κ2) is 5.37. The van der Waals surface area contributed by atoms with E-state index in [2.05, 4.69) is 26.6 Å². The van der Waals surface area contributed by atoms with Crippen molar-refractivity contribution in [2.45, 2.75) is 6.04 Å². The number of hydrogen-bond donors (Lipinski definition) is 2. The normalized spacial score (nSPS) is 16.3. The summed E-state index contributed by atoms with van der Waals surface area (Å²) in [4.78, 5) is 12.0. The van der Waals surface area contributed by atoms with Crippen molar-refractivity contribution in [3.63, 3.8) is 0 Å². The summed E-state index contributed by atoms with van der Waals surface area (Å²) in [5.74, 6) is -0.475. The average molecular weight is 351 g/mol. The van der Waals surface area contributed by atoms with Crippen molar-refractivity contribution in [3.8, 4) is 5.75 Å².